The molecule has 0 fully saturated rings. The average Bonchev–Trinajstić information content (AvgIpc) is 2.73. The number of amides is 1. The van der Waals surface area contributed by atoms with Crippen LogP contribution in [0.2, 0.25) is 0 Å². The summed E-state index contributed by atoms with van der Waals surface area (Å²) in [5.74, 6) is 1.48. The zero-order valence-electron chi connectivity index (χ0n) is 15.5. The molecule has 0 aliphatic heterocycles. The zero-order valence-corrected chi connectivity index (χ0v) is 15.5. The van der Waals surface area contributed by atoms with E-state index < -0.39 is 0 Å². The minimum absolute atomic E-state index is 0.0482. The van der Waals surface area contributed by atoms with Crippen LogP contribution in [0.3, 0.4) is 0 Å². The maximum Gasteiger partial charge on any atom is 0.225 e. The minimum Gasteiger partial charge on any atom is -0.497 e. The van der Waals surface area contributed by atoms with Gasteiger partial charge in [-0.3, -0.25) is 4.79 Å². The van der Waals surface area contributed by atoms with Gasteiger partial charge in [-0.1, -0.05) is 54.6 Å². The molecule has 0 bridgehead atoms. The van der Waals surface area contributed by atoms with E-state index in [0.29, 0.717) is 0 Å². The van der Waals surface area contributed by atoms with Crippen LogP contribution in [0, 0.1) is 0 Å². The van der Waals surface area contributed by atoms with Gasteiger partial charge in [-0.2, -0.15) is 0 Å². The molecule has 0 saturated carbocycles. The first kappa shape index (κ1) is 18.5. The number of nitrogens with one attached hydrogen (secondary N) is 1. The number of carbonyl (C=O) groups excluding carboxylic acids is 1. The number of carbonyl (C=O) groups is 1. The molecule has 1 atom stereocenters. The van der Waals surface area contributed by atoms with Crippen LogP contribution in [0.1, 0.15) is 22.7 Å². The molecule has 1 amide bonds. The summed E-state index contributed by atoms with van der Waals surface area (Å²) in [6.07, 6.45) is 0.288. The molecule has 4 nitrogen and oxygen atoms in total. The van der Waals surface area contributed by atoms with Gasteiger partial charge in [-0.25, -0.2) is 0 Å². The van der Waals surface area contributed by atoms with Gasteiger partial charge < -0.3 is 14.8 Å². The highest BCUT2D eigenvalue weighted by Crippen LogP contribution is 2.24. The van der Waals surface area contributed by atoms with Crippen molar-refractivity contribution in [2.24, 2.45) is 0 Å². The van der Waals surface area contributed by atoms with Crippen molar-refractivity contribution in [2.45, 2.75) is 12.5 Å². The Morgan fingerprint density at radius 1 is 0.815 bits per heavy atom. The van der Waals surface area contributed by atoms with Gasteiger partial charge in [0.25, 0.3) is 0 Å². The summed E-state index contributed by atoms with van der Waals surface area (Å²) in [4.78, 5) is 12.7. The van der Waals surface area contributed by atoms with Crippen LogP contribution in [0.25, 0.3) is 0 Å². The second kappa shape index (κ2) is 8.90. The van der Waals surface area contributed by atoms with Gasteiger partial charge in [-0.05, 0) is 41.0 Å². The Bertz CT molecular complexity index is 876. The highest BCUT2D eigenvalue weighted by Gasteiger charge is 2.17. The second-order valence-corrected chi connectivity index (χ2v) is 6.21. The monoisotopic (exact) mass is 361 g/mol. The smallest absolute Gasteiger partial charge is 0.225 e. The van der Waals surface area contributed by atoms with E-state index in [2.05, 4.69) is 5.32 Å². The van der Waals surface area contributed by atoms with Gasteiger partial charge in [0.15, 0.2) is 0 Å². The molecule has 27 heavy (non-hydrogen) atoms. The molecule has 0 spiro atoms. The fourth-order valence-electron chi connectivity index (χ4n) is 2.98. The third-order valence-corrected chi connectivity index (χ3v) is 4.39. The van der Waals surface area contributed by atoms with Crippen LogP contribution >= 0.6 is 0 Å². The Kier molecular flexibility index (Phi) is 6.10. The maximum atomic E-state index is 12.7. The van der Waals surface area contributed by atoms with Gasteiger partial charge in [0.2, 0.25) is 5.91 Å². The van der Waals surface area contributed by atoms with Gasteiger partial charge >= 0.3 is 0 Å². The van der Waals surface area contributed by atoms with Crippen molar-refractivity contribution in [3.05, 3.63) is 95.6 Å². The zero-order chi connectivity index (χ0) is 19.1. The first-order valence-corrected chi connectivity index (χ1v) is 8.81. The fraction of sp³-hybridized carbons (Fsp3) is 0.174. The highest BCUT2D eigenvalue weighted by molar-refractivity contribution is 5.79. The van der Waals surface area contributed by atoms with Gasteiger partial charge in [0, 0.05) is 0 Å². The molecule has 1 unspecified atom stereocenters. The average molecular weight is 361 g/mol. The van der Waals surface area contributed by atoms with E-state index in [4.69, 9.17) is 9.47 Å². The van der Waals surface area contributed by atoms with Crippen molar-refractivity contribution in [1.82, 2.24) is 5.32 Å². The van der Waals surface area contributed by atoms with Crippen LogP contribution in [-0.2, 0) is 11.2 Å². The third-order valence-electron chi connectivity index (χ3n) is 4.39. The highest BCUT2D eigenvalue weighted by atomic mass is 16.5. The number of hydrogen-bond acceptors (Lipinski definition) is 3. The Balaban J connectivity index is 1.81. The molecule has 4 heteroatoms. The summed E-state index contributed by atoms with van der Waals surface area (Å²) in [5, 5.41) is 3.15. The van der Waals surface area contributed by atoms with E-state index in [1.165, 1.54) is 0 Å². The standard InChI is InChI=1S/C23H23NO3/c1-26-20-13-11-19(12-14-20)23(18-8-4-3-5-9-18)24-22(25)16-17-7-6-10-21(15-17)27-2/h3-15,23H,16H2,1-2H3,(H,24,25). The molecule has 0 radical (unpaired) electrons. The van der Waals surface area contributed by atoms with E-state index in [9.17, 15) is 4.79 Å². The van der Waals surface area contributed by atoms with Crippen molar-refractivity contribution in [2.75, 3.05) is 14.2 Å². The molecule has 0 aliphatic carbocycles. The van der Waals surface area contributed by atoms with Crippen LogP contribution in [-0.4, -0.2) is 20.1 Å². The van der Waals surface area contributed by atoms with Crippen molar-refractivity contribution >= 4 is 5.91 Å². The van der Waals surface area contributed by atoms with E-state index in [-0.39, 0.29) is 18.4 Å². The van der Waals surface area contributed by atoms with Crippen LogP contribution < -0.4 is 14.8 Å². The predicted octanol–water partition coefficient (Wildman–Crippen LogP) is 4.15. The molecular formula is C23H23NO3. The molecular weight excluding hydrogens is 338 g/mol. The first-order valence-electron chi connectivity index (χ1n) is 8.81. The van der Waals surface area contributed by atoms with Crippen molar-refractivity contribution < 1.29 is 14.3 Å². The van der Waals surface area contributed by atoms with Crippen LogP contribution in [0.5, 0.6) is 11.5 Å². The molecule has 0 heterocycles. The SMILES string of the molecule is COc1ccc(C(NC(=O)Cc2cccc(OC)c2)c2ccccc2)cc1. The molecule has 1 N–H and O–H groups in total. The second-order valence-electron chi connectivity index (χ2n) is 6.21. The van der Waals surface area contributed by atoms with Crippen molar-refractivity contribution in [3.63, 3.8) is 0 Å². The summed E-state index contributed by atoms with van der Waals surface area (Å²) >= 11 is 0. The first-order chi connectivity index (χ1) is 13.2. The number of rotatable bonds is 7. The van der Waals surface area contributed by atoms with E-state index in [1.807, 2.05) is 78.9 Å². The third kappa shape index (κ3) is 4.88. The Labute approximate surface area is 159 Å². The van der Waals surface area contributed by atoms with E-state index in [1.54, 1.807) is 14.2 Å². The Hall–Kier alpha value is -3.27. The number of methoxy groups -OCH3 is 2. The number of hydrogen-bond donors (Lipinski definition) is 1. The van der Waals surface area contributed by atoms with Crippen molar-refractivity contribution in [3.8, 4) is 11.5 Å². The molecule has 0 saturated heterocycles. The lowest BCUT2D eigenvalue weighted by atomic mass is 9.98. The quantitative estimate of drug-likeness (QED) is 0.688. The summed E-state index contributed by atoms with van der Waals surface area (Å²) in [5.41, 5.74) is 2.94. The molecule has 0 aromatic heterocycles. The summed E-state index contributed by atoms with van der Waals surface area (Å²) in [6, 6.07) is 25.0. The van der Waals surface area contributed by atoms with Gasteiger partial charge in [-0.15, -0.1) is 0 Å². The molecule has 138 valence electrons. The lowest BCUT2D eigenvalue weighted by Crippen LogP contribution is -2.30. The maximum absolute atomic E-state index is 12.7. The molecule has 3 aromatic rings. The number of benzene rings is 3. The molecule has 3 aromatic carbocycles. The Morgan fingerprint density at radius 2 is 1.48 bits per heavy atom. The fourth-order valence-corrected chi connectivity index (χ4v) is 2.98. The van der Waals surface area contributed by atoms with Crippen LogP contribution in [0.4, 0.5) is 0 Å². The lowest BCUT2D eigenvalue weighted by Gasteiger charge is -2.20. The predicted molar refractivity (Wildman–Crippen MR) is 106 cm³/mol. The number of ether oxygens (including phenoxy) is 2. The molecule has 3 rings (SSSR count). The normalized spacial score (nSPS) is 11.5. The van der Waals surface area contributed by atoms with E-state index >= 15 is 0 Å². The summed E-state index contributed by atoms with van der Waals surface area (Å²) in [6.45, 7) is 0. The van der Waals surface area contributed by atoms with E-state index in [0.717, 1.165) is 28.2 Å². The lowest BCUT2D eigenvalue weighted by molar-refractivity contribution is -0.120. The Morgan fingerprint density at radius 3 is 2.15 bits per heavy atom. The topological polar surface area (TPSA) is 47.6 Å². The van der Waals surface area contributed by atoms with Gasteiger partial charge in [0.05, 0.1) is 26.7 Å². The summed E-state index contributed by atoms with van der Waals surface area (Å²) < 4.78 is 10.5. The summed E-state index contributed by atoms with van der Waals surface area (Å²) in [7, 11) is 3.26. The van der Waals surface area contributed by atoms with Gasteiger partial charge in [0.1, 0.15) is 11.5 Å². The molecule has 0 aliphatic rings. The van der Waals surface area contributed by atoms with Crippen LogP contribution in [0.15, 0.2) is 78.9 Å². The minimum atomic E-state index is -0.227. The largest absolute Gasteiger partial charge is 0.497 e. The van der Waals surface area contributed by atoms with Crippen molar-refractivity contribution in [1.29, 1.82) is 0 Å².